The van der Waals surface area contributed by atoms with E-state index in [1.54, 1.807) is 12.4 Å². The van der Waals surface area contributed by atoms with Crippen molar-refractivity contribution in [1.29, 1.82) is 5.26 Å². The molecule has 2 heterocycles. The van der Waals surface area contributed by atoms with Crippen molar-refractivity contribution in [2.75, 3.05) is 13.2 Å². The first kappa shape index (κ1) is 12.2. The minimum atomic E-state index is 0.549. The summed E-state index contributed by atoms with van der Waals surface area (Å²) in [6.45, 7) is 1.12. The van der Waals surface area contributed by atoms with Crippen molar-refractivity contribution < 1.29 is 9.47 Å². The van der Waals surface area contributed by atoms with Gasteiger partial charge in [-0.15, -0.1) is 0 Å². The molecule has 0 atom stereocenters. The summed E-state index contributed by atoms with van der Waals surface area (Å²) in [7, 11) is 0. The second-order valence-electron chi connectivity index (χ2n) is 4.31. The molecular weight excluding hydrogens is 252 g/mol. The van der Waals surface area contributed by atoms with E-state index < -0.39 is 0 Å². The maximum absolute atomic E-state index is 9.28. The van der Waals surface area contributed by atoms with Gasteiger partial charge in [-0.05, 0) is 29.8 Å². The summed E-state index contributed by atoms with van der Waals surface area (Å²) in [4.78, 5) is 4.03. The number of ether oxygens (including phenoxy) is 2. The number of allylic oxidation sites excluding steroid dienone is 1. The number of aromatic nitrogens is 1. The molecule has 0 radical (unpaired) electrons. The van der Waals surface area contributed by atoms with Gasteiger partial charge in [-0.3, -0.25) is 4.98 Å². The molecule has 0 spiro atoms. The van der Waals surface area contributed by atoms with E-state index in [4.69, 9.17) is 9.47 Å². The predicted octanol–water partition coefficient (Wildman–Crippen LogP) is 2.92. The summed E-state index contributed by atoms with van der Waals surface area (Å²) in [5, 5.41) is 9.28. The van der Waals surface area contributed by atoms with Crippen LogP contribution in [0.2, 0.25) is 0 Å². The Kier molecular flexibility index (Phi) is 3.34. The Balaban J connectivity index is 1.96. The molecule has 0 fully saturated rings. The van der Waals surface area contributed by atoms with Crippen molar-refractivity contribution in [3.8, 4) is 17.6 Å². The molecule has 1 aromatic heterocycles. The van der Waals surface area contributed by atoms with Crippen LogP contribution in [-0.4, -0.2) is 18.2 Å². The van der Waals surface area contributed by atoms with Crippen molar-refractivity contribution in [3.05, 3.63) is 53.9 Å². The number of rotatable bonds is 2. The van der Waals surface area contributed by atoms with Gasteiger partial charge in [-0.2, -0.15) is 5.26 Å². The summed E-state index contributed by atoms with van der Waals surface area (Å²) < 4.78 is 11.0. The monoisotopic (exact) mass is 264 g/mol. The molecule has 0 N–H and O–H groups in total. The third-order valence-corrected chi connectivity index (χ3v) is 2.97. The Morgan fingerprint density at radius 2 is 2.05 bits per heavy atom. The van der Waals surface area contributed by atoms with E-state index in [0.29, 0.717) is 24.5 Å². The van der Waals surface area contributed by atoms with Gasteiger partial charge in [0.2, 0.25) is 0 Å². The van der Waals surface area contributed by atoms with Gasteiger partial charge >= 0.3 is 0 Å². The molecule has 0 aliphatic carbocycles. The molecule has 1 aromatic carbocycles. The first-order chi connectivity index (χ1) is 9.86. The van der Waals surface area contributed by atoms with Crippen LogP contribution in [0.4, 0.5) is 0 Å². The lowest BCUT2D eigenvalue weighted by molar-refractivity contribution is 0.171. The fraction of sp³-hybridized carbons (Fsp3) is 0.125. The molecule has 4 heteroatoms. The van der Waals surface area contributed by atoms with Gasteiger partial charge in [-0.25, -0.2) is 0 Å². The third kappa shape index (κ3) is 2.47. The van der Waals surface area contributed by atoms with Gasteiger partial charge < -0.3 is 9.47 Å². The van der Waals surface area contributed by atoms with Gasteiger partial charge in [0.1, 0.15) is 13.2 Å². The van der Waals surface area contributed by atoms with Crippen LogP contribution in [0.25, 0.3) is 11.6 Å². The molecule has 20 heavy (non-hydrogen) atoms. The number of benzene rings is 1. The quantitative estimate of drug-likeness (QED) is 0.782. The highest BCUT2D eigenvalue weighted by Gasteiger charge is 2.11. The largest absolute Gasteiger partial charge is 0.486 e. The smallest absolute Gasteiger partial charge is 0.161 e. The molecule has 0 bridgehead atoms. The lowest BCUT2D eigenvalue weighted by atomic mass is 10.1. The second-order valence-corrected chi connectivity index (χ2v) is 4.31. The lowest BCUT2D eigenvalue weighted by Gasteiger charge is -2.18. The topological polar surface area (TPSA) is 55.1 Å². The summed E-state index contributed by atoms with van der Waals surface area (Å²) in [5.74, 6) is 1.46. The van der Waals surface area contributed by atoms with Crippen LogP contribution in [-0.2, 0) is 0 Å². The van der Waals surface area contributed by atoms with E-state index in [1.165, 1.54) is 0 Å². The van der Waals surface area contributed by atoms with Crippen LogP contribution in [0.3, 0.4) is 0 Å². The summed E-state index contributed by atoms with van der Waals surface area (Å²) in [6, 6.07) is 11.5. The first-order valence-corrected chi connectivity index (χ1v) is 6.29. The molecule has 0 amide bonds. The average molecular weight is 264 g/mol. The highest BCUT2D eigenvalue weighted by atomic mass is 16.6. The van der Waals surface area contributed by atoms with Crippen molar-refractivity contribution in [2.24, 2.45) is 0 Å². The average Bonchev–Trinajstić information content (AvgIpc) is 2.53. The molecule has 0 unspecified atom stereocenters. The van der Waals surface area contributed by atoms with E-state index in [1.807, 2.05) is 36.4 Å². The number of hydrogen-bond acceptors (Lipinski definition) is 4. The number of fused-ring (bicyclic) bond motifs is 1. The van der Waals surface area contributed by atoms with Crippen LogP contribution >= 0.6 is 0 Å². The zero-order valence-electron chi connectivity index (χ0n) is 10.7. The van der Waals surface area contributed by atoms with Crippen LogP contribution in [0, 0.1) is 11.3 Å². The molecule has 98 valence electrons. The normalized spacial score (nSPS) is 13.7. The van der Waals surface area contributed by atoms with E-state index in [9.17, 15) is 5.26 Å². The molecular formula is C16H12N2O2. The summed E-state index contributed by atoms with van der Waals surface area (Å²) in [6.07, 6.45) is 5.17. The van der Waals surface area contributed by atoms with Gasteiger partial charge in [0, 0.05) is 18.0 Å². The Morgan fingerprint density at radius 3 is 2.80 bits per heavy atom. The van der Waals surface area contributed by atoms with Crippen molar-refractivity contribution in [2.45, 2.75) is 0 Å². The van der Waals surface area contributed by atoms with Crippen molar-refractivity contribution in [1.82, 2.24) is 4.98 Å². The molecule has 4 nitrogen and oxygen atoms in total. The van der Waals surface area contributed by atoms with E-state index >= 15 is 0 Å². The molecule has 0 saturated carbocycles. The highest BCUT2D eigenvalue weighted by Crippen LogP contribution is 2.31. The molecule has 3 rings (SSSR count). The molecule has 1 aliphatic rings. The van der Waals surface area contributed by atoms with Crippen molar-refractivity contribution >= 4 is 11.6 Å². The van der Waals surface area contributed by atoms with Crippen LogP contribution < -0.4 is 9.47 Å². The van der Waals surface area contributed by atoms with Gasteiger partial charge in [0.25, 0.3) is 0 Å². The van der Waals surface area contributed by atoms with Crippen LogP contribution in [0.15, 0.2) is 42.7 Å². The fourth-order valence-corrected chi connectivity index (χ4v) is 2.02. The minimum Gasteiger partial charge on any atom is -0.486 e. The number of nitrogens with zero attached hydrogens (tertiary/aromatic N) is 2. The van der Waals surface area contributed by atoms with E-state index in [2.05, 4.69) is 11.1 Å². The number of nitriles is 1. The minimum absolute atomic E-state index is 0.549. The zero-order chi connectivity index (χ0) is 13.8. The third-order valence-electron chi connectivity index (χ3n) is 2.97. The van der Waals surface area contributed by atoms with E-state index in [0.717, 1.165) is 16.9 Å². The van der Waals surface area contributed by atoms with E-state index in [-0.39, 0.29) is 0 Å². The molecule has 2 aromatic rings. The Hall–Kier alpha value is -2.80. The maximum Gasteiger partial charge on any atom is 0.161 e. The fourth-order valence-electron chi connectivity index (χ4n) is 2.02. The maximum atomic E-state index is 9.28. The Bertz CT molecular complexity index is 687. The van der Waals surface area contributed by atoms with Gasteiger partial charge in [-0.1, -0.05) is 12.1 Å². The highest BCUT2D eigenvalue weighted by molar-refractivity contribution is 5.89. The van der Waals surface area contributed by atoms with Crippen LogP contribution in [0.5, 0.6) is 11.5 Å². The molecule has 0 saturated heterocycles. The zero-order valence-corrected chi connectivity index (χ0v) is 10.7. The summed E-state index contributed by atoms with van der Waals surface area (Å²) >= 11 is 0. The Labute approximate surface area is 116 Å². The second kappa shape index (κ2) is 5.45. The SMILES string of the molecule is N#CC(=Cc1ccc2c(c1)OCCO2)c1cccnc1. The number of hydrogen-bond donors (Lipinski definition) is 0. The standard InChI is InChI=1S/C16H12N2O2/c17-10-14(13-2-1-5-18-11-13)8-12-3-4-15-16(9-12)20-7-6-19-15/h1-5,8-9,11H,6-7H2. The van der Waals surface area contributed by atoms with Gasteiger partial charge in [0.15, 0.2) is 11.5 Å². The van der Waals surface area contributed by atoms with Crippen molar-refractivity contribution in [3.63, 3.8) is 0 Å². The molecule has 1 aliphatic heterocycles. The first-order valence-electron chi connectivity index (χ1n) is 6.29. The van der Waals surface area contributed by atoms with Gasteiger partial charge in [0.05, 0.1) is 11.6 Å². The Morgan fingerprint density at radius 1 is 1.20 bits per heavy atom. The lowest BCUT2D eigenvalue weighted by Crippen LogP contribution is -2.15. The predicted molar refractivity (Wildman–Crippen MR) is 75.2 cm³/mol. The number of pyridine rings is 1. The van der Waals surface area contributed by atoms with Crippen LogP contribution in [0.1, 0.15) is 11.1 Å². The summed E-state index contributed by atoms with van der Waals surface area (Å²) in [5.41, 5.74) is 2.26.